The van der Waals surface area contributed by atoms with Crippen LogP contribution < -0.4 is 5.32 Å². The molecule has 2 heterocycles. The summed E-state index contributed by atoms with van der Waals surface area (Å²) in [5.41, 5.74) is -1.69. The van der Waals surface area contributed by atoms with Crippen molar-refractivity contribution in [2.45, 2.75) is 25.1 Å². The van der Waals surface area contributed by atoms with Crippen molar-refractivity contribution in [3.05, 3.63) is 46.7 Å². The fourth-order valence-electron chi connectivity index (χ4n) is 3.29. The molecule has 1 aliphatic heterocycles. The molecular formula is C18H21ClF3N5O3S. The molecule has 0 atom stereocenters. The van der Waals surface area contributed by atoms with Crippen LogP contribution in [-0.4, -0.2) is 65.9 Å². The number of piperidine rings is 1. The number of nitrogens with zero attached hydrogens (tertiary/aromatic N) is 4. The normalized spacial score (nSPS) is 16.6. The highest BCUT2D eigenvalue weighted by Gasteiger charge is 2.41. The average molecular weight is 480 g/mol. The number of benzene rings is 1. The maximum atomic E-state index is 13.8. The summed E-state index contributed by atoms with van der Waals surface area (Å²) in [6.45, 7) is 0.309. The minimum absolute atomic E-state index is 0.109. The van der Waals surface area contributed by atoms with E-state index in [1.165, 1.54) is 42.7 Å². The lowest BCUT2D eigenvalue weighted by atomic mass is 10.1. The number of rotatable bonds is 5. The summed E-state index contributed by atoms with van der Waals surface area (Å²) in [5.74, 6) is -0.915. The zero-order valence-electron chi connectivity index (χ0n) is 16.7. The van der Waals surface area contributed by atoms with Crippen molar-refractivity contribution in [1.29, 1.82) is 0 Å². The minimum atomic E-state index is -4.83. The molecular weight excluding hydrogens is 459 g/mol. The van der Waals surface area contributed by atoms with Crippen LogP contribution in [0.1, 0.15) is 28.9 Å². The molecule has 0 radical (unpaired) electrons. The van der Waals surface area contributed by atoms with Gasteiger partial charge in [-0.25, -0.2) is 4.68 Å². The first-order valence-corrected chi connectivity index (χ1v) is 11.1. The lowest BCUT2D eigenvalue weighted by molar-refractivity contribution is -0.143. The van der Waals surface area contributed by atoms with Crippen LogP contribution in [0.5, 0.6) is 0 Å². The van der Waals surface area contributed by atoms with Gasteiger partial charge in [0.1, 0.15) is 0 Å². The van der Waals surface area contributed by atoms with Gasteiger partial charge in [-0.2, -0.15) is 35.3 Å². The molecule has 0 saturated carbocycles. The fourth-order valence-corrected chi connectivity index (χ4v) is 4.55. The lowest BCUT2D eigenvalue weighted by Gasteiger charge is -2.33. The third kappa shape index (κ3) is 5.03. The van der Waals surface area contributed by atoms with E-state index in [1.807, 2.05) is 0 Å². The van der Waals surface area contributed by atoms with Gasteiger partial charge in [-0.1, -0.05) is 11.6 Å². The van der Waals surface area contributed by atoms with Gasteiger partial charge in [-0.15, -0.1) is 0 Å². The molecule has 1 fully saturated rings. The molecule has 170 valence electrons. The van der Waals surface area contributed by atoms with Crippen LogP contribution in [0.15, 0.2) is 30.5 Å². The van der Waals surface area contributed by atoms with E-state index in [1.54, 1.807) is 0 Å². The van der Waals surface area contributed by atoms with E-state index in [-0.39, 0.29) is 31.6 Å². The van der Waals surface area contributed by atoms with Crippen molar-refractivity contribution in [2.24, 2.45) is 0 Å². The second-order valence-electron chi connectivity index (χ2n) is 7.23. The first-order valence-electron chi connectivity index (χ1n) is 9.31. The molecule has 0 aliphatic carbocycles. The predicted octanol–water partition coefficient (Wildman–Crippen LogP) is 2.55. The second kappa shape index (κ2) is 8.77. The Kier molecular flexibility index (Phi) is 6.65. The quantitative estimate of drug-likeness (QED) is 0.714. The molecule has 31 heavy (non-hydrogen) atoms. The Balaban J connectivity index is 1.78. The van der Waals surface area contributed by atoms with Gasteiger partial charge >= 0.3 is 6.18 Å². The minimum Gasteiger partial charge on any atom is -0.349 e. The Bertz CT molecular complexity index is 1050. The Labute approximate surface area is 182 Å². The van der Waals surface area contributed by atoms with Crippen molar-refractivity contribution in [1.82, 2.24) is 23.7 Å². The van der Waals surface area contributed by atoms with Crippen LogP contribution >= 0.6 is 11.6 Å². The molecule has 0 bridgehead atoms. The number of hydrogen-bond donors (Lipinski definition) is 1. The van der Waals surface area contributed by atoms with Gasteiger partial charge < -0.3 is 5.32 Å². The summed E-state index contributed by atoms with van der Waals surface area (Å²) in [5, 5.41) is 6.69. The van der Waals surface area contributed by atoms with Gasteiger partial charge in [0.05, 0.1) is 17.4 Å². The summed E-state index contributed by atoms with van der Waals surface area (Å²) in [7, 11) is -0.744. The summed E-state index contributed by atoms with van der Waals surface area (Å²) in [4.78, 5) is 12.6. The number of amides is 1. The summed E-state index contributed by atoms with van der Waals surface area (Å²) in [6, 6.07) is 5.13. The van der Waals surface area contributed by atoms with E-state index in [9.17, 15) is 26.4 Å². The summed E-state index contributed by atoms with van der Waals surface area (Å²) >= 11 is 5.79. The largest absolute Gasteiger partial charge is 0.434 e. The third-order valence-corrected chi connectivity index (χ3v) is 7.12. The molecule has 3 rings (SSSR count). The smallest absolute Gasteiger partial charge is 0.349 e. The average Bonchev–Trinajstić information content (AvgIpc) is 3.15. The molecule has 2 aromatic rings. The molecule has 1 saturated heterocycles. The number of alkyl halides is 3. The Morgan fingerprint density at radius 3 is 2.29 bits per heavy atom. The lowest BCUT2D eigenvalue weighted by Crippen LogP contribution is -2.49. The van der Waals surface area contributed by atoms with Gasteiger partial charge in [0.2, 0.25) is 0 Å². The van der Waals surface area contributed by atoms with Gasteiger partial charge in [0, 0.05) is 38.2 Å². The molecule has 1 aliphatic rings. The zero-order chi connectivity index (χ0) is 23.0. The summed E-state index contributed by atoms with van der Waals surface area (Å²) < 4.78 is 68.6. The second-order valence-corrected chi connectivity index (χ2v) is 9.81. The van der Waals surface area contributed by atoms with Crippen LogP contribution in [-0.2, 0) is 16.4 Å². The maximum Gasteiger partial charge on any atom is 0.434 e. The summed E-state index contributed by atoms with van der Waals surface area (Å²) in [6.07, 6.45) is -3.39. The van der Waals surface area contributed by atoms with Crippen LogP contribution in [0.4, 0.5) is 13.2 Å². The van der Waals surface area contributed by atoms with Crippen molar-refractivity contribution in [3.63, 3.8) is 0 Å². The molecule has 1 aromatic heterocycles. The number of nitrogens with one attached hydrogen (secondary N) is 1. The molecule has 13 heteroatoms. The number of hydrogen-bond acceptors (Lipinski definition) is 4. The SMILES string of the molecule is CN(C)S(=O)(=O)N1CCC(NC(=O)c2cnn(-c3ccc(Cl)cc3)c2C(F)(F)F)CC1. The number of carbonyl (C=O) groups is 1. The van der Waals surface area contributed by atoms with Crippen LogP contribution in [0.2, 0.25) is 5.02 Å². The zero-order valence-corrected chi connectivity index (χ0v) is 18.3. The number of carbonyl (C=O) groups excluding carboxylic acids is 1. The third-order valence-electron chi connectivity index (χ3n) is 4.93. The first kappa shape index (κ1) is 23.5. The molecule has 1 N–H and O–H groups in total. The Morgan fingerprint density at radius 2 is 1.77 bits per heavy atom. The van der Waals surface area contributed by atoms with Crippen LogP contribution in [0.25, 0.3) is 5.69 Å². The molecule has 8 nitrogen and oxygen atoms in total. The first-order chi connectivity index (χ1) is 14.4. The standard InChI is InChI=1S/C18H21ClF3N5O3S/c1-25(2)31(29,30)26-9-7-13(8-10-26)24-17(28)15-11-23-27(16(15)18(20,21)22)14-5-3-12(19)4-6-14/h3-6,11,13H,7-10H2,1-2H3,(H,24,28). The Morgan fingerprint density at radius 1 is 1.19 bits per heavy atom. The van der Waals surface area contributed by atoms with Gasteiger partial charge in [-0.05, 0) is 37.1 Å². The van der Waals surface area contributed by atoms with Crippen molar-refractivity contribution >= 4 is 27.7 Å². The highest BCUT2D eigenvalue weighted by Crippen LogP contribution is 2.34. The maximum absolute atomic E-state index is 13.8. The number of halogens is 4. The van der Waals surface area contributed by atoms with E-state index in [4.69, 9.17) is 11.6 Å². The van der Waals surface area contributed by atoms with Gasteiger partial charge in [-0.3, -0.25) is 4.79 Å². The van der Waals surface area contributed by atoms with Gasteiger partial charge in [0.25, 0.3) is 16.1 Å². The van der Waals surface area contributed by atoms with E-state index in [2.05, 4.69) is 10.4 Å². The van der Waals surface area contributed by atoms with Gasteiger partial charge in [0.15, 0.2) is 5.69 Å². The fraction of sp³-hybridized carbons (Fsp3) is 0.444. The molecule has 0 unspecified atom stereocenters. The van der Waals surface area contributed by atoms with Crippen molar-refractivity contribution < 1.29 is 26.4 Å². The van der Waals surface area contributed by atoms with E-state index >= 15 is 0 Å². The monoisotopic (exact) mass is 479 g/mol. The molecule has 1 amide bonds. The Hall–Kier alpha value is -2.15. The topological polar surface area (TPSA) is 87.5 Å². The molecule has 1 aromatic carbocycles. The van der Waals surface area contributed by atoms with E-state index < -0.39 is 39.6 Å². The highest BCUT2D eigenvalue weighted by atomic mass is 35.5. The van der Waals surface area contributed by atoms with Crippen LogP contribution in [0, 0.1) is 0 Å². The molecule has 0 spiro atoms. The van der Waals surface area contributed by atoms with E-state index in [0.29, 0.717) is 9.70 Å². The number of aromatic nitrogens is 2. The van der Waals surface area contributed by atoms with Crippen LogP contribution in [0.3, 0.4) is 0 Å². The van der Waals surface area contributed by atoms with Crippen molar-refractivity contribution in [2.75, 3.05) is 27.2 Å². The predicted molar refractivity (Wildman–Crippen MR) is 108 cm³/mol. The highest BCUT2D eigenvalue weighted by molar-refractivity contribution is 7.86. The van der Waals surface area contributed by atoms with E-state index in [0.717, 1.165) is 10.5 Å². The van der Waals surface area contributed by atoms with Crippen molar-refractivity contribution in [3.8, 4) is 5.69 Å².